The normalized spacial score (nSPS) is 23.1. The summed E-state index contributed by atoms with van der Waals surface area (Å²) in [5.74, 6) is 0.207. The lowest BCUT2D eigenvalue weighted by Gasteiger charge is -2.36. The van der Waals surface area contributed by atoms with Gasteiger partial charge in [-0.2, -0.15) is 0 Å². The van der Waals surface area contributed by atoms with Crippen molar-refractivity contribution in [1.29, 1.82) is 0 Å². The van der Waals surface area contributed by atoms with Crippen molar-refractivity contribution in [2.45, 2.75) is 44.6 Å². The van der Waals surface area contributed by atoms with E-state index in [0.717, 1.165) is 22.9 Å². The summed E-state index contributed by atoms with van der Waals surface area (Å²) in [6.45, 7) is 9.31. The SMILES string of the molecule is C=CCOc1cc(Br)c(Cl)cc1C(N)C1CCN(C(=O)C2COC(C)(C)O2)CC1. The molecule has 0 bridgehead atoms. The smallest absolute Gasteiger partial charge is 0.254 e. The van der Waals surface area contributed by atoms with Gasteiger partial charge < -0.3 is 24.8 Å². The Labute approximate surface area is 185 Å². The first-order chi connectivity index (χ1) is 13.7. The number of likely N-dealkylation sites (tertiary alicyclic amines) is 1. The molecule has 1 aromatic rings. The van der Waals surface area contributed by atoms with Crippen LogP contribution in [0.15, 0.2) is 29.3 Å². The Morgan fingerprint density at radius 1 is 1.48 bits per heavy atom. The summed E-state index contributed by atoms with van der Waals surface area (Å²) >= 11 is 9.74. The Kier molecular flexibility index (Phi) is 7.27. The van der Waals surface area contributed by atoms with Gasteiger partial charge in [0.1, 0.15) is 12.4 Å². The first-order valence-corrected chi connectivity index (χ1v) is 11.0. The number of ether oxygens (including phenoxy) is 3. The maximum atomic E-state index is 12.7. The molecule has 0 spiro atoms. The summed E-state index contributed by atoms with van der Waals surface area (Å²) in [5, 5.41) is 0.593. The summed E-state index contributed by atoms with van der Waals surface area (Å²) in [7, 11) is 0. The number of amides is 1. The second kappa shape index (κ2) is 9.35. The number of nitrogens with zero attached hydrogens (tertiary/aromatic N) is 1. The Morgan fingerprint density at radius 2 is 2.17 bits per heavy atom. The van der Waals surface area contributed by atoms with Crippen LogP contribution < -0.4 is 10.5 Å². The summed E-state index contributed by atoms with van der Waals surface area (Å²) in [6, 6.07) is 3.47. The van der Waals surface area contributed by atoms with Crippen LogP contribution in [-0.2, 0) is 14.3 Å². The molecule has 2 aliphatic rings. The summed E-state index contributed by atoms with van der Waals surface area (Å²) in [5.41, 5.74) is 7.49. The molecule has 1 aromatic carbocycles. The molecular weight excluding hydrogens is 460 g/mol. The Hall–Kier alpha value is -1.12. The lowest BCUT2D eigenvalue weighted by Crippen LogP contribution is -2.46. The molecule has 3 rings (SSSR count). The number of carbonyl (C=O) groups is 1. The number of nitrogens with two attached hydrogens (primary N) is 1. The van der Waals surface area contributed by atoms with Crippen molar-refractivity contribution in [2.75, 3.05) is 26.3 Å². The fourth-order valence-electron chi connectivity index (χ4n) is 3.82. The number of halogens is 2. The average molecular weight is 488 g/mol. The lowest BCUT2D eigenvalue weighted by molar-refractivity contribution is -0.161. The van der Waals surface area contributed by atoms with E-state index in [4.69, 9.17) is 31.5 Å². The highest BCUT2D eigenvalue weighted by atomic mass is 79.9. The van der Waals surface area contributed by atoms with E-state index in [1.165, 1.54) is 0 Å². The molecule has 8 heteroatoms. The third-order valence-electron chi connectivity index (χ3n) is 5.41. The van der Waals surface area contributed by atoms with E-state index in [0.29, 0.717) is 37.1 Å². The molecule has 29 heavy (non-hydrogen) atoms. The minimum absolute atomic E-state index is 0.00992. The highest BCUT2D eigenvalue weighted by Gasteiger charge is 2.40. The quantitative estimate of drug-likeness (QED) is 0.613. The molecule has 6 nitrogen and oxygen atoms in total. The van der Waals surface area contributed by atoms with E-state index < -0.39 is 11.9 Å². The maximum absolute atomic E-state index is 12.7. The second-order valence-corrected chi connectivity index (χ2v) is 9.17. The van der Waals surface area contributed by atoms with E-state index in [2.05, 4.69) is 22.5 Å². The third kappa shape index (κ3) is 5.33. The van der Waals surface area contributed by atoms with E-state index in [1.807, 2.05) is 30.9 Å². The minimum Gasteiger partial charge on any atom is -0.489 e. The van der Waals surface area contributed by atoms with Crippen LogP contribution in [0.25, 0.3) is 0 Å². The number of hydrogen-bond donors (Lipinski definition) is 1. The van der Waals surface area contributed by atoms with Crippen molar-refractivity contribution in [3.63, 3.8) is 0 Å². The van der Waals surface area contributed by atoms with Gasteiger partial charge in [0.15, 0.2) is 11.9 Å². The first-order valence-electron chi connectivity index (χ1n) is 9.80. The van der Waals surface area contributed by atoms with Gasteiger partial charge in [-0.1, -0.05) is 24.3 Å². The number of piperidine rings is 1. The largest absolute Gasteiger partial charge is 0.489 e. The van der Waals surface area contributed by atoms with E-state index in [9.17, 15) is 4.79 Å². The van der Waals surface area contributed by atoms with Crippen LogP contribution in [0.3, 0.4) is 0 Å². The van der Waals surface area contributed by atoms with E-state index in [-0.39, 0.29) is 17.9 Å². The molecule has 2 N–H and O–H groups in total. The van der Waals surface area contributed by atoms with E-state index >= 15 is 0 Å². The first kappa shape index (κ1) is 22.6. The van der Waals surface area contributed by atoms with Crippen molar-refractivity contribution in [2.24, 2.45) is 11.7 Å². The zero-order chi connectivity index (χ0) is 21.2. The molecule has 0 aliphatic carbocycles. The molecule has 2 heterocycles. The van der Waals surface area contributed by atoms with Crippen molar-refractivity contribution in [1.82, 2.24) is 4.90 Å². The monoisotopic (exact) mass is 486 g/mol. The van der Waals surface area contributed by atoms with Gasteiger partial charge in [0.2, 0.25) is 0 Å². The fraction of sp³-hybridized carbons (Fsp3) is 0.571. The fourth-order valence-corrected chi connectivity index (χ4v) is 4.32. The molecule has 0 aromatic heterocycles. The van der Waals surface area contributed by atoms with Crippen molar-refractivity contribution < 1.29 is 19.0 Å². The van der Waals surface area contributed by atoms with Crippen molar-refractivity contribution >= 4 is 33.4 Å². The number of benzene rings is 1. The van der Waals surface area contributed by atoms with Gasteiger partial charge in [0.05, 0.1) is 11.6 Å². The highest BCUT2D eigenvalue weighted by molar-refractivity contribution is 9.10. The van der Waals surface area contributed by atoms with Crippen molar-refractivity contribution in [3.8, 4) is 5.75 Å². The maximum Gasteiger partial charge on any atom is 0.254 e. The predicted octanol–water partition coefficient (Wildman–Crippen LogP) is 4.06. The van der Waals surface area contributed by atoms with Gasteiger partial charge in [-0.05, 0) is 60.7 Å². The van der Waals surface area contributed by atoms with E-state index in [1.54, 1.807) is 6.08 Å². The molecule has 2 atom stereocenters. The van der Waals surface area contributed by atoms with Crippen LogP contribution in [0.2, 0.25) is 5.02 Å². The molecule has 2 saturated heterocycles. The molecule has 0 saturated carbocycles. The molecule has 1 amide bonds. The molecule has 160 valence electrons. The zero-order valence-electron chi connectivity index (χ0n) is 16.8. The topological polar surface area (TPSA) is 74.0 Å². The van der Waals surface area contributed by atoms with Gasteiger partial charge in [-0.15, -0.1) is 0 Å². The van der Waals surface area contributed by atoms with Crippen LogP contribution in [0.4, 0.5) is 0 Å². The molecular formula is C21H28BrClN2O4. The minimum atomic E-state index is -0.705. The van der Waals surface area contributed by atoms with Crippen LogP contribution in [0.1, 0.15) is 38.3 Å². The molecule has 2 unspecified atom stereocenters. The Balaban J connectivity index is 1.64. The number of carbonyl (C=O) groups excluding carboxylic acids is 1. The summed E-state index contributed by atoms with van der Waals surface area (Å²) in [6.07, 6.45) is 2.77. The molecule has 2 aliphatic heterocycles. The third-order valence-corrected chi connectivity index (χ3v) is 6.61. The zero-order valence-corrected chi connectivity index (χ0v) is 19.2. The lowest BCUT2D eigenvalue weighted by atomic mass is 9.85. The number of hydrogen-bond acceptors (Lipinski definition) is 5. The van der Waals surface area contributed by atoms with Gasteiger partial charge >= 0.3 is 0 Å². The van der Waals surface area contributed by atoms with Crippen LogP contribution >= 0.6 is 27.5 Å². The predicted molar refractivity (Wildman–Crippen MR) is 116 cm³/mol. The van der Waals surface area contributed by atoms with Crippen LogP contribution in [-0.4, -0.2) is 49.0 Å². The number of rotatable bonds is 6. The standard InChI is InChI=1S/C21H28BrClN2O4/c1-4-9-27-17-11-15(22)16(23)10-14(17)19(24)13-5-7-25(8-6-13)20(26)18-12-28-21(2,3)29-18/h4,10-11,13,18-19H,1,5-9,12,24H2,2-3H3. The van der Waals surface area contributed by atoms with Gasteiger partial charge in [-0.25, -0.2) is 0 Å². The van der Waals surface area contributed by atoms with Crippen molar-refractivity contribution in [3.05, 3.63) is 39.8 Å². The van der Waals surface area contributed by atoms with Gasteiger partial charge in [0, 0.05) is 29.2 Å². The van der Waals surface area contributed by atoms with Gasteiger partial charge in [-0.3, -0.25) is 4.79 Å². The van der Waals surface area contributed by atoms with Crippen LogP contribution in [0.5, 0.6) is 5.75 Å². The van der Waals surface area contributed by atoms with Gasteiger partial charge in [0.25, 0.3) is 5.91 Å². The Bertz CT molecular complexity index is 765. The Morgan fingerprint density at radius 3 is 2.76 bits per heavy atom. The van der Waals surface area contributed by atoms with Crippen LogP contribution in [0, 0.1) is 5.92 Å². The summed E-state index contributed by atoms with van der Waals surface area (Å²) in [4.78, 5) is 14.6. The highest BCUT2D eigenvalue weighted by Crippen LogP contribution is 2.39. The molecule has 0 radical (unpaired) electrons. The average Bonchev–Trinajstić information content (AvgIpc) is 3.07. The second-order valence-electron chi connectivity index (χ2n) is 7.91. The molecule has 2 fully saturated rings. The summed E-state index contributed by atoms with van der Waals surface area (Å²) < 4.78 is 17.8.